The number of para-hydroxylation sites is 1. The van der Waals surface area contributed by atoms with Crippen molar-refractivity contribution in [1.82, 2.24) is 15.2 Å². The summed E-state index contributed by atoms with van der Waals surface area (Å²) in [6.45, 7) is 3.35. The Balaban J connectivity index is 0.00000225. The molecule has 0 aliphatic heterocycles. The minimum Gasteiger partial charge on any atom is -0.459 e. The maximum absolute atomic E-state index is 5.88. The van der Waals surface area contributed by atoms with E-state index in [0.29, 0.717) is 13.1 Å². The molecule has 0 saturated heterocycles. The van der Waals surface area contributed by atoms with E-state index >= 15 is 0 Å². The molecule has 0 fully saturated rings. The molecule has 0 unspecified atom stereocenters. The van der Waals surface area contributed by atoms with Crippen molar-refractivity contribution >= 4 is 40.9 Å². The van der Waals surface area contributed by atoms with Gasteiger partial charge in [-0.2, -0.15) is 0 Å². The van der Waals surface area contributed by atoms with Crippen LogP contribution >= 0.6 is 24.0 Å². The summed E-state index contributed by atoms with van der Waals surface area (Å²) in [5, 5.41) is 4.47. The van der Waals surface area contributed by atoms with E-state index in [0.717, 1.165) is 28.4 Å². The number of pyridine rings is 1. The van der Waals surface area contributed by atoms with E-state index in [1.54, 1.807) is 7.05 Å². The largest absolute Gasteiger partial charge is 0.459 e. The van der Waals surface area contributed by atoms with Gasteiger partial charge in [-0.05, 0) is 30.7 Å². The van der Waals surface area contributed by atoms with Crippen LogP contribution in [-0.2, 0) is 13.1 Å². The van der Waals surface area contributed by atoms with Crippen molar-refractivity contribution in [3.63, 3.8) is 0 Å². The van der Waals surface area contributed by atoms with Crippen LogP contribution in [0.25, 0.3) is 11.0 Å². The van der Waals surface area contributed by atoms with E-state index < -0.39 is 0 Å². The summed E-state index contributed by atoms with van der Waals surface area (Å²) in [7, 11) is 3.77. The van der Waals surface area contributed by atoms with Gasteiger partial charge in [0.05, 0.1) is 18.8 Å². The van der Waals surface area contributed by atoms with E-state index in [2.05, 4.69) is 40.4 Å². The van der Waals surface area contributed by atoms with Crippen molar-refractivity contribution < 1.29 is 4.42 Å². The number of fused-ring (bicyclic) bond motifs is 1. The Bertz CT molecular complexity index is 826. The third-order valence-electron chi connectivity index (χ3n) is 3.97. The molecule has 0 bridgehead atoms. The number of furan rings is 1. The molecular formula is C19H23IN4O. The average molecular weight is 450 g/mol. The van der Waals surface area contributed by atoms with Gasteiger partial charge in [0.1, 0.15) is 11.3 Å². The Morgan fingerprint density at radius 2 is 2.04 bits per heavy atom. The lowest BCUT2D eigenvalue weighted by Gasteiger charge is -2.21. The number of aryl methyl sites for hydroxylation is 1. The zero-order valence-corrected chi connectivity index (χ0v) is 17.0. The molecule has 3 aromatic rings. The van der Waals surface area contributed by atoms with Gasteiger partial charge in [-0.15, -0.1) is 24.0 Å². The minimum absolute atomic E-state index is 0. The number of benzene rings is 1. The molecule has 6 heteroatoms. The zero-order valence-electron chi connectivity index (χ0n) is 14.7. The quantitative estimate of drug-likeness (QED) is 0.372. The van der Waals surface area contributed by atoms with Crippen molar-refractivity contribution in [3.05, 3.63) is 65.7 Å². The van der Waals surface area contributed by atoms with Crippen LogP contribution in [0.15, 0.2) is 58.1 Å². The monoisotopic (exact) mass is 450 g/mol. The third kappa shape index (κ3) is 4.72. The van der Waals surface area contributed by atoms with E-state index in [-0.39, 0.29) is 24.0 Å². The summed E-state index contributed by atoms with van der Waals surface area (Å²) in [5.74, 6) is 1.72. The Morgan fingerprint density at radius 1 is 1.24 bits per heavy atom. The molecule has 0 aliphatic rings. The lowest BCUT2D eigenvalue weighted by molar-refractivity contribution is 0.412. The van der Waals surface area contributed by atoms with Crippen LogP contribution in [0.5, 0.6) is 0 Å². The predicted molar refractivity (Wildman–Crippen MR) is 112 cm³/mol. The van der Waals surface area contributed by atoms with Crippen LogP contribution in [-0.4, -0.2) is 29.9 Å². The minimum atomic E-state index is 0. The molecule has 0 atom stereocenters. The van der Waals surface area contributed by atoms with Gasteiger partial charge in [-0.1, -0.05) is 24.3 Å². The van der Waals surface area contributed by atoms with Crippen molar-refractivity contribution in [2.24, 2.45) is 4.99 Å². The Kier molecular flexibility index (Phi) is 6.81. The molecule has 132 valence electrons. The van der Waals surface area contributed by atoms with Gasteiger partial charge in [0.25, 0.3) is 0 Å². The Morgan fingerprint density at radius 3 is 2.76 bits per heavy atom. The molecule has 5 nitrogen and oxygen atoms in total. The summed E-state index contributed by atoms with van der Waals surface area (Å²) in [6.07, 6.45) is 1.81. The van der Waals surface area contributed by atoms with E-state index in [9.17, 15) is 0 Å². The number of aliphatic imine (C=N–C) groups is 1. The molecule has 3 rings (SSSR count). The number of hydrogen-bond acceptors (Lipinski definition) is 3. The molecule has 0 saturated carbocycles. The summed E-state index contributed by atoms with van der Waals surface area (Å²) in [6, 6.07) is 14.1. The van der Waals surface area contributed by atoms with E-state index in [1.165, 1.54) is 5.56 Å². The van der Waals surface area contributed by atoms with Gasteiger partial charge >= 0.3 is 0 Å². The molecule has 0 amide bonds. The highest BCUT2D eigenvalue weighted by Crippen LogP contribution is 2.19. The van der Waals surface area contributed by atoms with Gasteiger partial charge in [0, 0.05) is 25.7 Å². The van der Waals surface area contributed by atoms with Crippen molar-refractivity contribution in [2.45, 2.75) is 20.0 Å². The maximum Gasteiger partial charge on any atom is 0.194 e. The summed E-state index contributed by atoms with van der Waals surface area (Å²) in [4.78, 5) is 10.8. The average Bonchev–Trinajstić information content (AvgIpc) is 2.99. The van der Waals surface area contributed by atoms with Crippen molar-refractivity contribution in [3.8, 4) is 0 Å². The van der Waals surface area contributed by atoms with Gasteiger partial charge in [-0.3, -0.25) is 9.98 Å². The normalized spacial score (nSPS) is 11.2. The SMILES string of the molecule is CN=C(NCc1ncccc1C)N(C)Cc1cc2ccccc2o1.I. The first kappa shape index (κ1) is 19.2. The predicted octanol–water partition coefficient (Wildman–Crippen LogP) is 3.96. The fourth-order valence-electron chi connectivity index (χ4n) is 2.67. The highest BCUT2D eigenvalue weighted by molar-refractivity contribution is 14.0. The fourth-order valence-corrected chi connectivity index (χ4v) is 2.67. The second-order valence-corrected chi connectivity index (χ2v) is 5.77. The topological polar surface area (TPSA) is 53.7 Å². The van der Waals surface area contributed by atoms with Crippen LogP contribution < -0.4 is 5.32 Å². The molecule has 1 N–H and O–H groups in total. The number of halogens is 1. The molecule has 0 aliphatic carbocycles. The smallest absolute Gasteiger partial charge is 0.194 e. The standard InChI is InChI=1S/C19H22N4O.HI/c1-14-7-6-10-21-17(14)12-22-19(20-2)23(3)13-16-11-15-8-4-5-9-18(15)24-16;/h4-11H,12-13H2,1-3H3,(H,20,22);1H. The molecule has 1 aromatic carbocycles. The summed E-state index contributed by atoms with van der Waals surface area (Å²) >= 11 is 0. The van der Waals surface area contributed by atoms with Gasteiger partial charge in [0.2, 0.25) is 0 Å². The summed E-state index contributed by atoms with van der Waals surface area (Å²) < 4.78 is 5.88. The number of rotatable bonds is 4. The van der Waals surface area contributed by atoms with Crippen LogP contribution in [0.3, 0.4) is 0 Å². The Hall–Kier alpha value is -2.09. The molecule has 0 radical (unpaired) electrons. The third-order valence-corrected chi connectivity index (χ3v) is 3.97. The van der Waals surface area contributed by atoms with Gasteiger partial charge < -0.3 is 14.6 Å². The fraction of sp³-hybridized carbons (Fsp3) is 0.263. The van der Waals surface area contributed by atoms with Gasteiger partial charge in [-0.25, -0.2) is 0 Å². The second-order valence-electron chi connectivity index (χ2n) is 5.77. The number of guanidine groups is 1. The van der Waals surface area contributed by atoms with E-state index in [4.69, 9.17) is 4.42 Å². The second kappa shape index (κ2) is 8.84. The zero-order chi connectivity index (χ0) is 16.9. The first-order valence-electron chi connectivity index (χ1n) is 7.97. The van der Waals surface area contributed by atoms with Gasteiger partial charge in [0.15, 0.2) is 5.96 Å². The molecule has 25 heavy (non-hydrogen) atoms. The lowest BCUT2D eigenvalue weighted by Crippen LogP contribution is -2.38. The number of aromatic nitrogens is 1. The van der Waals surface area contributed by atoms with Crippen LogP contribution in [0.2, 0.25) is 0 Å². The lowest BCUT2D eigenvalue weighted by atomic mass is 10.2. The highest BCUT2D eigenvalue weighted by Gasteiger charge is 2.11. The van der Waals surface area contributed by atoms with Crippen molar-refractivity contribution in [2.75, 3.05) is 14.1 Å². The molecular weight excluding hydrogens is 427 g/mol. The maximum atomic E-state index is 5.88. The number of hydrogen-bond donors (Lipinski definition) is 1. The molecule has 0 spiro atoms. The molecule has 2 aromatic heterocycles. The van der Waals surface area contributed by atoms with Crippen molar-refractivity contribution in [1.29, 1.82) is 0 Å². The Labute approximate surface area is 165 Å². The molecule has 2 heterocycles. The first-order chi connectivity index (χ1) is 11.7. The van der Waals surface area contributed by atoms with Crippen LogP contribution in [0.1, 0.15) is 17.0 Å². The highest BCUT2D eigenvalue weighted by atomic mass is 127. The van der Waals surface area contributed by atoms with Crippen LogP contribution in [0, 0.1) is 6.92 Å². The first-order valence-corrected chi connectivity index (χ1v) is 7.97. The number of nitrogens with zero attached hydrogens (tertiary/aromatic N) is 3. The number of nitrogens with one attached hydrogen (secondary N) is 1. The summed E-state index contributed by atoms with van der Waals surface area (Å²) in [5.41, 5.74) is 3.10. The van der Waals surface area contributed by atoms with Crippen LogP contribution in [0.4, 0.5) is 0 Å². The van der Waals surface area contributed by atoms with E-state index in [1.807, 2.05) is 42.4 Å².